The van der Waals surface area contributed by atoms with Crippen LogP contribution in [0.2, 0.25) is 0 Å². The van der Waals surface area contributed by atoms with Crippen molar-refractivity contribution >= 4 is 0 Å². The number of hydrogen-bond acceptors (Lipinski definition) is 2. The van der Waals surface area contributed by atoms with Gasteiger partial charge < -0.3 is 5.32 Å². The summed E-state index contributed by atoms with van der Waals surface area (Å²) in [6.45, 7) is 7.84. The molecule has 1 N–H and O–H groups in total. The van der Waals surface area contributed by atoms with Crippen LogP contribution in [0.25, 0.3) is 0 Å². The van der Waals surface area contributed by atoms with Gasteiger partial charge in [0.25, 0.3) is 0 Å². The second-order valence-electron chi connectivity index (χ2n) is 6.51. The lowest BCUT2D eigenvalue weighted by Gasteiger charge is -2.36. The normalized spacial score (nSPS) is 26.9. The molecule has 0 aliphatic heterocycles. The molecule has 1 fully saturated rings. The van der Waals surface area contributed by atoms with Gasteiger partial charge in [-0.15, -0.1) is 0 Å². The molecule has 1 heterocycles. The maximum absolute atomic E-state index is 4.50. The van der Waals surface area contributed by atoms with Gasteiger partial charge in [0.15, 0.2) is 0 Å². The van der Waals surface area contributed by atoms with Crippen LogP contribution in [0.15, 0.2) is 6.07 Å². The largest absolute Gasteiger partial charge is 0.314 e. The van der Waals surface area contributed by atoms with Crippen LogP contribution in [-0.4, -0.2) is 22.4 Å². The lowest BCUT2D eigenvalue weighted by molar-refractivity contribution is 0.196. The van der Waals surface area contributed by atoms with E-state index < -0.39 is 0 Å². The minimum atomic E-state index is 0.702. The van der Waals surface area contributed by atoms with Gasteiger partial charge in [-0.3, -0.25) is 4.68 Å². The van der Waals surface area contributed by atoms with E-state index >= 15 is 0 Å². The highest BCUT2D eigenvalue weighted by Crippen LogP contribution is 2.33. The van der Waals surface area contributed by atoms with Gasteiger partial charge >= 0.3 is 0 Å². The van der Waals surface area contributed by atoms with E-state index in [1.54, 1.807) is 0 Å². The molecule has 1 aromatic heterocycles. The number of hydrogen-bond donors (Lipinski definition) is 1. The average molecular weight is 277 g/mol. The molecule has 3 unspecified atom stereocenters. The fourth-order valence-electron chi connectivity index (χ4n) is 3.68. The summed E-state index contributed by atoms with van der Waals surface area (Å²) >= 11 is 0. The summed E-state index contributed by atoms with van der Waals surface area (Å²) in [5.74, 6) is 1.70. The molecule has 3 nitrogen and oxygen atoms in total. The Balaban J connectivity index is 2.04. The Morgan fingerprint density at radius 1 is 1.35 bits per heavy atom. The van der Waals surface area contributed by atoms with E-state index in [0.29, 0.717) is 6.04 Å². The van der Waals surface area contributed by atoms with Gasteiger partial charge in [-0.2, -0.15) is 5.10 Å². The molecular formula is C17H31N3. The second-order valence-corrected chi connectivity index (χ2v) is 6.51. The third-order valence-electron chi connectivity index (χ3n) is 4.90. The molecular weight excluding hydrogens is 246 g/mol. The summed E-state index contributed by atoms with van der Waals surface area (Å²) in [4.78, 5) is 0. The first-order valence-electron chi connectivity index (χ1n) is 8.36. The third kappa shape index (κ3) is 3.85. The smallest absolute Gasteiger partial charge is 0.0596 e. The van der Waals surface area contributed by atoms with Crippen molar-refractivity contribution in [2.45, 2.75) is 65.3 Å². The molecule has 3 atom stereocenters. The van der Waals surface area contributed by atoms with Crippen LogP contribution in [0.1, 0.15) is 57.3 Å². The molecule has 0 bridgehead atoms. The predicted molar refractivity (Wildman–Crippen MR) is 84.9 cm³/mol. The highest BCUT2D eigenvalue weighted by Gasteiger charge is 2.30. The molecule has 0 aromatic carbocycles. The van der Waals surface area contributed by atoms with Crippen molar-refractivity contribution in [3.63, 3.8) is 0 Å². The first-order valence-corrected chi connectivity index (χ1v) is 8.36. The quantitative estimate of drug-likeness (QED) is 0.863. The fraction of sp³-hybridized carbons (Fsp3) is 0.824. The van der Waals surface area contributed by atoms with Crippen molar-refractivity contribution < 1.29 is 0 Å². The van der Waals surface area contributed by atoms with Crippen molar-refractivity contribution in [2.24, 2.45) is 18.9 Å². The summed E-state index contributed by atoms with van der Waals surface area (Å²) < 4.78 is 2.07. The predicted octanol–water partition coefficient (Wildman–Crippen LogP) is 3.47. The van der Waals surface area contributed by atoms with Gasteiger partial charge in [0.2, 0.25) is 0 Å². The van der Waals surface area contributed by atoms with Crippen molar-refractivity contribution in [1.29, 1.82) is 0 Å². The number of nitrogens with zero attached hydrogens (tertiary/aromatic N) is 2. The molecule has 0 radical (unpaired) electrons. The van der Waals surface area contributed by atoms with E-state index in [2.05, 4.69) is 49.0 Å². The van der Waals surface area contributed by atoms with E-state index in [1.807, 2.05) is 0 Å². The minimum Gasteiger partial charge on any atom is -0.314 e. The van der Waals surface area contributed by atoms with Crippen LogP contribution in [0, 0.1) is 18.8 Å². The summed E-state index contributed by atoms with van der Waals surface area (Å²) in [7, 11) is 2.08. The Hall–Kier alpha value is -0.830. The van der Waals surface area contributed by atoms with Crippen molar-refractivity contribution in [3.8, 4) is 0 Å². The molecule has 0 spiro atoms. The summed E-state index contributed by atoms with van der Waals surface area (Å²) in [6.07, 6.45) is 7.86. The lowest BCUT2D eigenvalue weighted by atomic mass is 9.75. The number of aryl methyl sites for hydroxylation is 2. The van der Waals surface area contributed by atoms with Gasteiger partial charge in [-0.1, -0.05) is 20.3 Å². The maximum atomic E-state index is 4.50. The van der Waals surface area contributed by atoms with Crippen LogP contribution >= 0.6 is 0 Å². The van der Waals surface area contributed by atoms with Crippen molar-refractivity contribution in [3.05, 3.63) is 17.5 Å². The van der Waals surface area contributed by atoms with Crippen LogP contribution in [-0.2, 0) is 13.5 Å². The fourth-order valence-corrected chi connectivity index (χ4v) is 3.68. The first kappa shape index (κ1) is 15.6. The highest BCUT2D eigenvalue weighted by atomic mass is 15.3. The summed E-state index contributed by atoms with van der Waals surface area (Å²) in [5, 5.41) is 8.28. The Morgan fingerprint density at radius 3 is 2.75 bits per heavy atom. The topological polar surface area (TPSA) is 29.9 Å². The molecule has 2 rings (SSSR count). The first-order chi connectivity index (χ1) is 9.63. The molecule has 114 valence electrons. The van der Waals surface area contributed by atoms with Gasteiger partial charge in [0.1, 0.15) is 0 Å². The van der Waals surface area contributed by atoms with Gasteiger partial charge in [0, 0.05) is 18.8 Å². The van der Waals surface area contributed by atoms with Crippen LogP contribution in [0.4, 0.5) is 0 Å². The Kier molecular flexibility index (Phi) is 5.64. The second kappa shape index (κ2) is 7.26. The molecule has 1 aliphatic rings. The maximum Gasteiger partial charge on any atom is 0.0596 e. The van der Waals surface area contributed by atoms with Crippen molar-refractivity contribution in [1.82, 2.24) is 15.1 Å². The zero-order valence-electron chi connectivity index (χ0n) is 13.7. The van der Waals surface area contributed by atoms with Crippen LogP contribution in [0.5, 0.6) is 0 Å². The van der Waals surface area contributed by atoms with E-state index in [1.165, 1.54) is 44.2 Å². The Morgan fingerprint density at radius 2 is 2.15 bits per heavy atom. The molecule has 3 heteroatoms. The molecule has 0 saturated heterocycles. The zero-order valence-corrected chi connectivity index (χ0v) is 13.7. The van der Waals surface area contributed by atoms with E-state index in [4.69, 9.17) is 0 Å². The lowest BCUT2D eigenvalue weighted by Crippen LogP contribution is -2.42. The monoisotopic (exact) mass is 277 g/mol. The molecule has 1 aliphatic carbocycles. The van der Waals surface area contributed by atoms with Gasteiger partial charge in [-0.25, -0.2) is 0 Å². The SMILES string of the molecule is CCCNC1CCC(CC)CC1Cc1cc(C)nn1C. The van der Waals surface area contributed by atoms with Gasteiger partial charge in [0.05, 0.1) is 5.69 Å². The van der Waals surface area contributed by atoms with E-state index in [9.17, 15) is 0 Å². The third-order valence-corrected chi connectivity index (χ3v) is 4.90. The standard InChI is InChI=1S/C17H31N3/c1-5-9-18-17-8-7-14(6-2)11-15(17)12-16-10-13(3)19-20(16)4/h10,14-15,17-18H,5-9,11-12H2,1-4H3. The molecule has 20 heavy (non-hydrogen) atoms. The Labute approximate surface area is 124 Å². The van der Waals surface area contributed by atoms with Crippen LogP contribution in [0.3, 0.4) is 0 Å². The number of rotatable bonds is 6. The van der Waals surface area contributed by atoms with Crippen LogP contribution < -0.4 is 5.32 Å². The average Bonchev–Trinajstić information content (AvgIpc) is 2.75. The summed E-state index contributed by atoms with van der Waals surface area (Å²) in [6, 6.07) is 2.96. The number of aromatic nitrogens is 2. The van der Waals surface area contributed by atoms with E-state index in [0.717, 1.165) is 24.1 Å². The zero-order chi connectivity index (χ0) is 14.5. The van der Waals surface area contributed by atoms with E-state index in [-0.39, 0.29) is 0 Å². The molecule has 1 aromatic rings. The van der Waals surface area contributed by atoms with Crippen molar-refractivity contribution in [2.75, 3.05) is 6.54 Å². The van der Waals surface area contributed by atoms with Gasteiger partial charge in [-0.05, 0) is 63.5 Å². The summed E-state index contributed by atoms with van der Waals surface area (Å²) in [5.41, 5.74) is 2.54. The minimum absolute atomic E-state index is 0.702. The molecule has 1 saturated carbocycles. The number of nitrogens with one attached hydrogen (secondary N) is 1. The molecule has 0 amide bonds. The highest BCUT2D eigenvalue weighted by molar-refractivity contribution is 5.10. The Bertz CT molecular complexity index is 410.